The number of hydrogen-bond donors (Lipinski definition) is 1. The van der Waals surface area contributed by atoms with E-state index in [0.717, 1.165) is 35.1 Å². The van der Waals surface area contributed by atoms with Gasteiger partial charge < -0.3 is 9.67 Å². The molecule has 1 unspecified atom stereocenters. The molecule has 5 nitrogen and oxygen atoms in total. The van der Waals surface area contributed by atoms with Crippen LogP contribution in [0.3, 0.4) is 0 Å². The van der Waals surface area contributed by atoms with Crippen LogP contribution in [0, 0.1) is 5.82 Å². The van der Waals surface area contributed by atoms with Gasteiger partial charge in [-0.1, -0.05) is 26.0 Å². The molecule has 1 heterocycles. The fourth-order valence-electron chi connectivity index (χ4n) is 4.11. The first-order valence-corrected chi connectivity index (χ1v) is 11.8. The Labute approximate surface area is 188 Å². The Morgan fingerprint density at radius 2 is 1.67 bits per heavy atom. The number of para-hydroxylation sites is 1. The van der Waals surface area contributed by atoms with E-state index in [1.807, 2.05) is 0 Å². The van der Waals surface area contributed by atoms with Crippen molar-refractivity contribution in [2.24, 2.45) is 0 Å². The lowest BCUT2D eigenvalue weighted by atomic mass is 9.74. The van der Waals surface area contributed by atoms with Crippen LogP contribution in [0.4, 0.5) is 17.6 Å². The Bertz CT molecular complexity index is 1360. The number of alkyl halides is 3. The summed E-state index contributed by atoms with van der Waals surface area (Å²) in [6.07, 6.45) is -4.04. The Morgan fingerprint density at radius 3 is 2.27 bits per heavy atom. The lowest BCUT2D eigenvalue weighted by molar-refractivity contribution is -0.271. The molecule has 2 aromatic carbocycles. The van der Waals surface area contributed by atoms with Crippen molar-refractivity contribution in [1.29, 1.82) is 0 Å². The Hall–Kier alpha value is -2.72. The summed E-state index contributed by atoms with van der Waals surface area (Å²) in [4.78, 5) is 11.8. The zero-order valence-electron chi connectivity index (χ0n) is 18.1. The predicted octanol–water partition coefficient (Wildman–Crippen LogP) is 4.21. The fraction of sp³-hybridized carbons (Fsp3) is 0.348. The first-order chi connectivity index (χ1) is 15.1. The number of sulfone groups is 1. The van der Waals surface area contributed by atoms with Crippen LogP contribution in [0.1, 0.15) is 25.8 Å². The van der Waals surface area contributed by atoms with Crippen molar-refractivity contribution in [2.45, 2.75) is 48.9 Å². The second-order valence-corrected chi connectivity index (χ2v) is 10.8. The summed E-state index contributed by atoms with van der Waals surface area (Å²) < 4.78 is 82.1. The largest absolute Gasteiger partial charge is 0.418 e. The molecule has 33 heavy (non-hydrogen) atoms. The van der Waals surface area contributed by atoms with E-state index in [1.54, 1.807) is 12.1 Å². The standard InChI is InChI=1S/C23H23F4NO4S/c1-21(2,17-12-15(24)8-9-20(17)33(3,31)32)13-22(30,23(25,26)27)14-28-11-10-19(29)16-6-4-5-7-18(16)28/h4-12,30H,13-14H2,1-3H3. The normalized spacial score (nSPS) is 14.9. The summed E-state index contributed by atoms with van der Waals surface area (Å²) in [5.74, 6) is -0.813. The summed E-state index contributed by atoms with van der Waals surface area (Å²) in [5.41, 5.74) is -5.27. The number of nitrogens with zero attached hydrogens (tertiary/aromatic N) is 1. The first-order valence-electron chi connectivity index (χ1n) is 9.93. The highest BCUT2D eigenvalue weighted by atomic mass is 32.2. The topological polar surface area (TPSA) is 76.4 Å². The van der Waals surface area contributed by atoms with Crippen molar-refractivity contribution in [3.8, 4) is 0 Å². The quantitative estimate of drug-likeness (QED) is 0.419. The molecule has 178 valence electrons. The first kappa shape index (κ1) is 24.9. The van der Waals surface area contributed by atoms with E-state index in [1.165, 1.54) is 32.2 Å². The SMILES string of the molecule is CC(C)(CC(O)(Cn1ccc(=O)c2ccccc21)C(F)(F)F)c1cc(F)ccc1S(C)(=O)=O. The van der Waals surface area contributed by atoms with Gasteiger partial charge in [0.25, 0.3) is 0 Å². The van der Waals surface area contributed by atoms with E-state index in [-0.39, 0.29) is 26.8 Å². The number of fused-ring (bicyclic) bond motifs is 1. The molecule has 0 amide bonds. The Morgan fingerprint density at radius 1 is 1.03 bits per heavy atom. The van der Waals surface area contributed by atoms with E-state index in [4.69, 9.17) is 0 Å². The molecule has 1 atom stereocenters. The van der Waals surface area contributed by atoms with E-state index in [9.17, 15) is 35.9 Å². The molecular formula is C23H23F4NO4S. The second-order valence-electron chi connectivity index (χ2n) is 8.83. The van der Waals surface area contributed by atoms with Crippen LogP contribution < -0.4 is 5.43 Å². The molecule has 1 aromatic heterocycles. The van der Waals surface area contributed by atoms with Crippen molar-refractivity contribution >= 4 is 20.7 Å². The molecule has 3 aromatic rings. The number of aliphatic hydroxyl groups is 1. The molecule has 0 aliphatic heterocycles. The maximum Gasteiger partial charge on any atom is 0.418 e. The number of hydrogen-bond acceptors (Lipinski definition) is 4. The Balaban J connectivity index is 2.13. The van der Waals surface area contributed by atoms with Crippen molar-refractivity contribution in [1.82, 2.24) is 4.57 Å². The molecule has 10 heteroatoms. The van der Waals surface area contributed by atoms with Crippen LogP contribution in [0.15, 0.2) is 64.4 Å². The summed E-state index contributed by atoms with van der Waals surface area (Å²) in [6.45, 7) is 1.68. The van der Waals surface area contributed by atoms with Gasteiger partial charge in [0.2, 0.25) is 0 Å². The maximum atomic E-state index is 14.2. The van der Waals surface area contributed by atoms with Crippen LogP contribution in [0.25, 0.3) is 10.9 Å². The minimum Gasteiger partial charge on any atom is -0.379 e. The molecule has 0 fully saturated rings. The highest BCUT2D eigenvalue weighted by Crippen LogP contribution is 2.44. The molecule has 1 N–H and O–H groups in total. The molecule has 0 saturated heterocycles. The molecule has 3 rings (SSSR count). The summed E-state index contributed by atoms with van der Waals surface area (Å²) >= 11 is 0. The van der Waals surface area contributed by atoms with Crippen LogP contribution in [-0.2, 0) is 21.8 Å². The molecule has 0 radical (unpaired) electrons. The lowest BCUT2D eigenvalue weighted by Crippen LogP contribution is -2.52. The molecule has 0 bridgehead atoms. The van der Waals surface area contributed by atoms with Gasteiger partial charge in [-0.2, -0.15) is 13.2 Å². The minimum absolute atomic E-state index is 0.169. The number of aromatic nitrogens is 1. The zero-order valence-corrected chi connectivity index (χ0v) is 19.0. The summed E-state index contributed by atoms with van der Waals surface area (Å²) in [6, 6.07) is 9.97. The van der Waals surface area contributed by atoms with E-state index >= 15 is 0 Å². The number of benzene rings is 2. The van der Waals surface area contributed by atoms with E-state index in [2.05, 4.69) is 0 Å². The van der Waals surface area contributed by atoms with Crippen molar-refractivity contribution < 1.29 is 31.1 Å². The Kier molecular flexibility index (Phi) is 6.23. The minimum atomic E-state index is -5.12. The van der Waals surface area contributed by atoms with Gasteiger partial charge in [-0.05, 0) is 47.7 Å². The highest BCUT2D eigenvalue weighted by Gasteiger charge is 2.56. The van der Waals surface area contributed by atoms with Crippen LogP contribution >= 0.6 is 0 Å². The van der Waals surface area contributed by atoms with Gasteiger partial charge in [-0.15, -0.1) is 0 Å². The van der Waals surface area contributed by atoms with Gasteiger partial charge in [0.1, 0.15) is 5.82 Å². The number of halogens is 4. The third kappa shape index (κ3) is 4.96. The smallest absolute Gasteiger partial charge is 0.379 e. The average molecular weight is 485 g/mol. The van der Waals surface area contributed by atoms with Gasteiger partial charge in [-0.25, -0.2) is 12.8 Å². The fourth-order valence-corrected chi connectivity index (χ4v) is 5.16. The van der Waals surface area contributed by atoms with Crippen molar-refractivity contribution in [2.75, 3.05) is 6.26 Å². The molecule has 0 aliphatic carbocycles. The van der Waals surface area contributed by atoms with E-state index < -0.39 is 45.8 Å². The number of rotatable bonds is 6. The molecule has 0 spiro atoms. The maximum absolute atomic E-state index is 14.2. The van der Waals surface area contributed by atoms with Gasteiger partial charge in [0.15, 0.2) is 20.9 Å². The monoisotopic (exact) mass is 485 g/mol. The molecular weight excluding hydrogens is 462 g/mol. The number of pyridine rings is 1. The van der Waals surface area contributed by atoms with Gasteiger partial charge >= 0.3 is 6.18 Å². The lowest BCUT2D eigenvalue weighted by Gasteiger charge is -2.39. The van der Waals surface area contributed by atoms with Gasteiger partial charge in [0, 0.05) is 23.9 Å². The van der Waals surface area contributed by atoms with Gasteiger partial charge in [-0.3, -0.25) is 4.79 Å². The average Bonchev–Trinajstić information content (AvgIpc) is 2.68. The molecule has 0 saturated carbocycles. The predicted molar refractivity (Wildman–Crippen MR) is 116 cm³/mol. The van der Waals surface area contributed by atoms with Crippen LogP contribution in [0.2, 0.25) is 0 Å². The molecule has 0 aliphatic rings. The van der Waals surface area contributed by atoms with Crippen molar-refractivity contribution in [3.63, 3.8) is 0 Å². The van der Waals surface area contributed by atoms with Gasteiger partial charge in [0.05, 0.1) is 17.0 Å². The second kappa shape index (κ2) is 8.25. The van der Waals surface area contributed by atoms with Crippen LogP contribution in [-0.4, -0.2) is 36.1 Å². The highest BCUT2D eigenvalue weighted by molar-refractivity contribution is 7.90. The summed E-state index contributed by atoms with van der Waals surface area (Å²) in [7, 11) is -3.89. The van der Waals surface area contributed by atoms with E-state index in [0.29, 0.717) is 0 Å². The van der Waals surface area contributed by atoms with Crippen molar-refractivity contribution in [3.05, 3.63) is 76.3 Å². The van der Waals surface area contributed by atoms with Crippen LogP contribution in [0.5, 0.6) is 0 Å². The third-order valence-corrected chi connectivity index (χ3v) is 6.80. The zero-order chi connectivity index (χ0) is 24.8. The third-order valence-electron chi connectivity index (χ3n) is 5.65. The summed E-state index contributed by atoms with van der Waals surface area (Å²) in [5, 5.41) is 11.1.